The molecule has 0 unspecified atom stereocenters. The molecule has 5 rings (SSSR count). The summed E-state index contributed by atoms with van der Waals surface area (Å²) in [5, 5.41) is 13.2. The topological polar surface area (TPSA) is 64.3 Å². The fourth-order valence-electron chi connectivity index (χ4n) is 4.69. The molecule has 0 fully saturated rings. The van der Waals surface area contributed by atoms with Crippen molar-refractivity contribution in [3.8, 4) is 5.75 Å². The number of fused-ring (bicyclic) bond motifs is 2. The quantitative estimate of drug-likeness (QED) is 0.213. The van der Waals surface area contributed by atoms with Gasteiger partial charge in [0.25, 0.3) is 0 Å². The van der Waals surface area contributed by atoms with Crippen LogP contribution < -0.4 is 4.74 Å². The van der Waals surface area contributed by atoms with Crippen LogP contribution in [0.4, 0.5) is 0 Å². The van der Waals surface area contributed by atoms with Crippen molar-refractivity contribution >= 4 is 51.0 Å². The predicted molar refractivity (Wildman–Crippen MR) is 153 cm³/mol. The van der Waals surface area contributed by atoms with Crippen molar-refractivity contribution in [1.82, 2.24) is 9.55 Å². The molecule has 2 heterocycles. The maximum Gasteiger partial charge on any atom is 0.309 e. The van der Waals surface area contributed by atoms with Gasteiger partial charge in [-0.25, -0.2) is 4.98 Å². The predicted octanol–water partition coefficient (Wildman–Crippen LogP) is 8.09. The van der Waals surface area contributed by atoms with Crippen LogP contribution in [0.15, 0.2) is 72.8 Å². The Labute approximate surface area is 231 Å². The third-order valence-electron chi connectivity index (χ3n) is 6.96. The zero-order valence-electron chi connectivity index (χ0n) is 21.5. The number of carbonyl (C=O) groups is 1. The molecular weight excluding hydrogens is 519 g/mol. The molecule has 1 N–H and O–H groups in total. The summed E-state index contributed by atoms with van der Waals surface area (Å²) in [5.41, 5.74) is 4.87. The highest BCUT2D eigenvalue weighted by atomic mass is 35.5. The van der Waals surface area contributed by atoms with Crippen LogP contribution in [0, 0.1) is 12.3 Å². The van der Waals surface area contributed by atoms with Gasteiger partial charge < -0.3 is 14.4 Å². The Balaban J connectivity index is 1.48. The van der Waals surface area contributed by atoms with E-state index >= 15 is 0 Å². The number of benzene rings is 3. The normalized spacial score (nSPS) is 11.8. The number of carboxylic acid groups (broad SMARTS) is 1. The molecule has 2 aromatic heterocycles. The number of pyridine rings is 1. The van der Waals surface area contributed by atoms with E-state index in [1.54, 1.807) is 13.8 Å². The van der Waals surface area contributed by atoms with Gasteiger partial charge in [-0.15, -0.1) is 0 Å². The van der Waals surface area contributed by atoms with Gasteiger partial charge in [-0.1, -0.05) is 47.5 Å². The monoisotopic (exact) mass is 546 g/mol. The number of hydrogen-bond acceptors (Lipinski definition) is 3. The second kappa shape index (κ2) is 10.3. The SMILES string of the molecule is Cc1c(CC(C)(C)C(=O)O)n(Cc2ccc(Cl)cc2)c2ccc(OCc3ccc4ccc(Cl)cc4n3)cc12. The van der Waals surface area contributed by atoms with E-state index in [1.165, 1.54) is 0 Å². The molecule has 0 aliphatic carbocycles. The van der Waals surface area contributed by atoms with E-state index in [-0.39, 0.29) is 0 Å². The van der Waals surface area contributed by atoms with Crippen LogP contribution in [-0.4, -0.2) is 20.6 Å². The number of hydrogen-bond donors (Lipinski definition) is 1. The lowest BCUT2D eigenvalue weighted by atomic mass is 9.87. The molecule has 194 valence electrons. The minimum absolute atomic E-state index is 0.317. The number of ether oxygens (including phenoxy) is 1. The lowest BCUT2D eigenvalue weighted by Gasteiger charge is -2.21. The van der Waals surface area contributed by atoms with Crippen LogP contribution in [0.3, 0.4) is 0 Å². The molecule has 0 aliphatic heterocycles. The highest BCUT2D eigenvalue weighted by molar-refractivity contribution is 6.31. The summed E-state index contributed by atoms with van der Waals surface area (Å²) in [7, 11) is 0. The fourth-order valence-corrected chi connectivity index (χ4v) is 4.98. The number of aliphatic carboxylic acids is 1. The van der Waals surface area contributed by atoms with Crippen molar-refractivity contribution in [1.29, 1.82) is 0 Å². The molecule has 0 aliphatic rings. The second-order valence-electron chi connectivity index (χ2n) is 10.3. The van der Waals surface area contributed by atoms with Gasteiger partial charge >= 0.3 is 5.97 Å². The fraction of sp³-hybridized carbons (Fsp3) is 0.226. The summed E-state index contributed by atoms with van der Waals surface area (Å²) in [6.07, 6.45) is 0.399. The van der Waals surface area contributed by atoms with Gasteiger partial charge in [0.15, 0.2) is 0 Å². The van der Waals surface area contributed by atoms with Crippen molar-refractivity contribution in [2.45, 2.75) is 40.3 Å². The first-order valence-corrected chi connectivity index (χ1v) is 13.1. The molecule has 3 aromatic carbocycles. The molecule has 0 saturated heterocycles. The number of nitrogens with zero attached hydrogens (tertiary/aromatic N) is 2. The first-order valence-electron chi connectivity index (χ1n) is 12.4. The van der Waals surface area contributed by atoms with E-state index in [0.717, 1.165) is 50.1 Å². The second-order valence-corrected chi connectivity index (χ2v) is 11.1. The van der Waals surface area contributed by atoms with Gasteiger partial charge in [-0.2, -0.15) is 0 Å². The third kappa shape index (κ3) is 5.35. The summed E-state index contributed by atoms with van der Waals surface area (Å²) in [4.78, 5) is 16.7. The molecule has 0 bridgehead atoms. The summed E-state index contributed by atoms with van der Waals surface area (Å²) >= 11 is 12.2. The first-order chi connectivity index (χ1) is 18.1. The van der Waals surface area contributed by atoms with E-state index < -0.39 is 11.4 Å². The smallest absolute Gasteiger partial charge is 0.309 e. The lowest BCUT2D eigenvalue weighted by Crippen LogP contribution is -2.27. The zero-order chi connectivity index (χ0) is 27.0. The Morgan fingerprint density at radius 1 is 0.974 bits per heavy atom. The van der Waals surface area contributed by atoms with Gasteiger partial charge in [0, 0.05) is 45.0 Å². The average molecular weight is 547 g/mol. The van der Waals surface area contributed by atoms with Crippen molar-refractivity contribution in [2.24, 2.45) is 5.41 Å². The molecule has 0 atom stereocenters. The van der Waals surface area contributed by atoms with Gasteiger partial charge in [-0.05, 0) is 80.4 Å². The van der Waals surface area contributed by atoms with Gasteiger partial charge in [0.2, 0.25) is 0 Å². The summed E-state index contributed by atoms with van der Waals surface area (Å²) in [5.74, 6) is -0.102. The number of halogens is 2. The Bertz CT molecular complexity index is 1660. The highest BCUT2D eigenvalue weighted by Gasteiger charge is 2.30. The van der Waals surface area contributed by atoms with E-state index in [1.807, 2.05) is 79.7 Å². The third-order valence-corrected chi connectivity index (χ3v) is 7.45. The van der Waals surface area contributed by atoms with E-state index in [4.69, 9.17) is 27.9 Å². The highest BCUT2D eigenvalue weighted by Crippen LogP contribution is 2.34. The van der Waals surface area contributed by atoms with Crippen LogP contribution in [0.25, 0.3) is 21.8 Å². The molecule has 0 amide bonds. The number of aryl methyl sites for hydroxylation is 1. The average Bonchev–Trinajstić information content (AvgIpc) is 3.13. The van der Waals surface area contributed by atoms with Crippen molar-refractivity contribution < 1.29 is 14.6 Å². The lowest BCUT2D eigenvalue weighted by molar-refractivity contribution is -0.146. The van der Waals surface area contributed by atoms with E-state index in [2.05, 4.69) is 9.55 Å². The van der Waals surface area contributed by atoms with E-state index in [0.29, 0.717) is 29.6 Å². The van der Waals surface area contributed by atoms with Gasteiger partial charge in [0.05, 0.1) is 16.6 Å². The van der Waals surface area contributed by atoms with Crippen molar-refractivity contribution in [2.75, 3.05) is 0 Å². The Morgan fingerprint density at radius 2 is 1.68 bits per heavy atom. The van der Waals surface area contributed by atoms with Crippen molar-refractivity contribution in [3.63, 3.8) is 0 Å². The van der Waals surface area contributed by atoms with Crippen molar-refractivity contribution in [3.05, 3.63) is 105 Å². The summed E-state index contributed by atoms with van der Waals surface area (Å²) < 4.78 is 8.35. The summed E-state index contributed by atoms with van der Waals surface area (Å²) in [6.45, 7) is 6.49. The van der Waals surface area contributed by atoms with E-state index in [9.17, 15) is 9.90 Å². The first kappa shape index (κ1) is 26.1. The van der Waals surface area contributed by atoms with Crippen LogP contribution in [0.2, 0.25) is 10.0 Å². The molecule has 5 nitrogen and oxygen atoms in total. The molecule has 38 heavy (non-hydrogen) atoms. The number of carboxylic acids is 1. The number of rotatable bonds is 8. The largest absolute Gasteiger partial charge is 0.487 e. The summed E-state index contributed by atoms with van der Waals surface area (Å²) in [6, 6.07) is 23.4. The Hall–Kier alpha value is -3.54. The molecule has 0 radical (unpaired) electrons. The minimum atomic E-state index is -0.916. The van der Waals surface area contributed by atoms with Crippen LogP contribution in [-0.2, 0) is 24.4 Å². The van der Waals surface area contributed by atoms with Gasteiger partial charge in [-0.3, -0.25) is 4.79 Å². The molecule has 7 heteroatoms. The zero-order valence-corrected chi connectivity index (χ0v) is 23.0. The molecular formula is C31H28Cl2N2O3. The Kier molecular flexibility index (Phi) is 7.08. The molecule has 0 spiro atoms. The molecule has 5 aromatic rings. The van der Waals surface area contributed by atoms with Crippen LogP contribution >= 0.6 is 23.2 Å². The maximum absolute atomic E-state index is 12.0. The van der Waals surface area contributed by atoms with Crippen LogP contribution in [0.5, 0.6) is 5.75 Å². The minimum Gasteiger partial charge on any atom is -0.487 e. The van der Waals surface area contributed by atoms with Crippen LogP contribution in [0.1, 0.15) is 36.4 Å². The molecule has 0 saturated carbocycles. The maximum atomic E-state index is 12.0. The standard InChI is InChI=1S/C31H28Cl2N2O3/c1-19-26-15-25(38-18-24-11-7-21-6-10-23(33)14-27(21)34-24)12-13-28(26)35(17-20-4-8-22(32)9-5-20)29(19)16-31(2,3)30(36)37/h4-15H,16-18H2,1-3H3,(H,36,37). The number of aromatic nitrogens is 2. The van der Waals surface area contributed by atoms with Gasteiger partial charge in [0.1, 0.15) is 12.4 Å². The Morgan fingerprint density at radius 3 is 2.42 bits per heavy atom.